The van der Waals surface area contributed by atoms with Crippen LogP contribution in [0.4, 0.5) is 4.39 Å². The number of halogens is 3. The topological polar surface area (TPSA) is 66.8 Å². The van der Waals surface area contributed by atoms with Crippen molar-refractivity contribution in [3.8, 4) is 5.75 Å². The molecule has 1 atom stereocenters. The van der Waals surface area contributed by atoms with E-state index in [1.807, 2.05) is 0 Å². The number of benzene rings is 2. The Hall–Kier alpha value is -2.57. The molecule has 8 heteroatoms. The van der Waals surface area contributed by atoms with Gasteiger partial charge in [0.05, 0.1) is 29.3 Å². The molecule has 1 unspecified atom stereocenters. The summed E-state index contributed by atoms with van der Waals surface area (Å²) in [7, 11) is 1.38. The summed E-state index contributed by atoms with van der Waals surface area (Å²) in [6.07, 6.45) is 3.41. The molecule has 0 radical (unpaired) electrons. The summed E-state index contributed by atoms with van der Waals surface area (Å²) in [6, 6.07) is 7.45. The van der Waals surface area contributed by atoms with Gasteiger partial charge in [-0.3, -0.25) is 9.59 Å². The van der Waals surface area contributed by atoms with Gasteiger partial charge in [0.15, 0.2) is 0 Å². The van der Waals surface area contributed by atoms with E-state index in [4.69, 9.17) is 27.9 Å². The van der Waals surface area contributed by atoms with Gasteiger partial charge in [0.25, 0.3) is 11.7 Å². The Bertz CT molecular complexity index is 1080. The number of aliphatic hydroxyl groups excluding tert-OH is 1. The van der Waals surface area contributed by atoms with Crippen LogP contribution >= 0.6 is 23.2 Å². The first-order valence-electron chi connectivity index (χ1n) is 9.92. The Morgan fingerprint density at radius 3 is 2.39 bits per heavy atom. The van der Waals surface area contributed by atoms with Crippen LogP contribution in [0.1, 0.15) is 42.9 Å². The number of Topliss-reactive ketones (excluding diaryl/α,β-unsaturated/α-hetero) is 1. The summed E-state index contributed by atoms with van der Waals surface area (Å²) < 4.78 is 18.9. The molecular formula is C23H20Cl2FNO4. The van der Waals surface area contributed by atoms with Gasteiger partial charge >= 0.3 is 0 Å². The summed E-state index contributed by atoms with van der Waals surface area (Å²) in [6.45, 7) is 0. The highest BCUT2D eigenvalue weighted by atomic mass is 35.5. The van der Waals surface area contributed by atoms with Crippen molar-refractivity contribution >= 4 is 40.7 Å². The molecular weight excluding hydrogens is 444 g/mol. The van der Waals surface area contributed by atoms with Gasteiger partial charge in [-0.15, -0.1) is 0 Å². The number of carbonyl (C=O) groups excluding carboxylic acids is 2. The van der Waals surface area contributed by atoms with Crippen LogP contribution < -0.4 is 4.74 Å². The lowest BCUT2D eigenvalue weighted by molar-refractivity contribution is -0.141. The van der Waals surface area contributed by atoms with Crippen molar-refractivity contribution in [1.82, 2.24) is 4.90 Å². The normalized spacial score (nSPS) is 21.2. The highest BCUT2D eigenvalue weighted by molar-refractivity contribution is 6.47. The lowest BCUT2D eigenvalue weighted by atomic mass is 9.94. The number of hydrogen-bond donors (Lipinski definition) is 1. The summed E-state index contributed by atoms with van der Waals surface area (Å²) in [5, 5.41) is 11.6. The van der Waals surface area contributed by atoms with Crippen molar-refractivity contribution in [2.24, 2.45) is 0 Å². The second kappa shape index (κ2) is 8.52. The Labute approximate surface area is 189 Å². The van der Waals surface area contributed by atoms with Crippen molar-refractivity contribution < 1.29 is 23.8 Å². The van der Waals surface area contributed by atoms with E-state index in [-0.39, 0.29) is 33.0 Å². The van der Waals surface area contributed by atoms with Crippen molar-refractivity contribution in [3.05, 3.63) is 69.0 Å². The van der Waals surface area contributed by atoms with Crippen molar-refractivity contribution in [3.63, 3.8) is 0 Å². The quantitative estimate of drug-likeness (QED) is 0.369. The largest absolute Gasteiger partial charge is 0.507 e. The van der Waals surface area contributed by atoms with Gasteiger partial charge in [-0.05, 0) is 42.7 Å². The van der Waals surface area contributed by atoms with E-state index in [1.165, 1.54) is 48.4 Å². The molecule has 1 saturated heterocycles. The molecule has 0 aromatic heterocycles. The number of ketones is 1. The van der Waals surface area contributed by atoms with Gasteiger partial charge in [0.2, 0.25) is 0 Å². The number of likely N-dealkylation sites (tertiary alicyclic amines) is 1. The highest BCUT2D eigenvalue weighted by Gasteiger charge is 2.49. The number of hydrogen-bond acceptors (Lipinski definition) is 4. The van der Waals surface area contributed by atoms with Crippen LogP contribution in [-0.4, -0.2) is 34.8 Å². The molecule has 162 valence electrons. The van der Waals surface area contributed by atoms with E-state index in [0.29, 0.717) is 5.56 Å². The lowest BCUT2D eigenvalue weighted by Crippen LogP contribution is -2.37. The Morgan fingerprint density at radius 2 is 1.77 bits per heavy atom. The van der Waals surface area contributed by atoms with Crippen molar-refractivity contribution in [2.75, 3.05) is 7.11 Å². The molecule has 2 aliphatic rings. The van der Waals surface area contributed by atoms with Crippen LogP contribution in [0.25, 0.3) is 5.76 Å². The fraction of sp³-hybridized carbons (Fsp3) is 0.304. The van der Waals surface area contributed by atoms with Crippen molar-refractivity contribution in [1.29, 1.82) is 0 Å². The molecule has 2 aromatic rings. The first-order chi connectivity index (χ1) is 14.8. The Balaban J connectivity index is 1.95. The third kappa shape index (κ3) is 3.79. The minimum absolute atomic E-state index is 0.0971. The molecule has 2 fully saturated rings. The maximum atomic E-state index is 13.6. The van der Waals surface area contributed by atoms with E-state index in [2.05, 4.69) is 0 Å². The number of methoxy groups -OCH3 is 1. The van der Waals surface area contributed by atoms with Gasteiger partial charge < -0.3 is 14.7 Å². The highest BCUT2D eigenvalue weighted by Crippen LogP contribution is 2.45. The minimum Gasteiger partial charge on any atom is -0.507 e. The fourth-order valence-electron chi connectivity index (χ4n) is 4.47. The number of aliphatic hydroxyl groups is 1. The maximum absolute atomic E-state index is 13.6. The van der Waals surface area contributed by atoms with Crippen molar-refractivity contribution in [2.45, 2.75) is 37.8 Å². The molecule has 0 spiro atoms. The first-order valence-corrected chi connectivity index (χ1v) is 10.7. The summed E-state index contributed by atoms with van der Waals surface area (Å²) in [4.78, 5) is 27.7. The van der Waals surface area contributed by atoms with E-state index in [9.17, 15) is 19.1 Å². The summed E-state index contributed by atoms with van der Waals surface area (Å²) in [5.41, 5.74) is 0.540. The zero-order valence-corrected chi connectivity index (χ0v) is 18.2. The zero-order chi connectivity index (χ0) is 22.3. The Kier molecular flexibility index (Phi) is 5.95. The molecule has 1 aliphatic heterocycles. The van der Waals surface area contributed by atoms with E-state index >= 15 is 0 Å². The van der Waals surface area contributed by atoms with Gasteiger partial charge in [-0.1, -0.05) is 48.2 Å². The first kappa shape index (κ1) is 21.7. The second-order valence-corrected chi connectivity index (χ2v) is 8.51. The number of ether oxygens (including phenoxy) is 1. The van der Waals surface area contributed by atoms with Gasteiger partial charge in [-0.25, -0.2) is 4.39 Å². The molecule has 1 amide bonds. The number of amides is 1. The molecule has 1 N–H and O–H groups in total. The number of nitrogens with zero attached hydrogens (tertiary/aromatic N) is 1. The smallest absolute Gasteiger partial charge is 0.295 e. The maximum Gasteiger partial charge on any atom is 0.295 e. The Morgan fingerprint density at radius 1 is 1.13 bits per heavy atom. The number of rotatable bonds is 4. The SMILES string of the molecule is COc1c(Cl)cc(Cl)cc1/C(O)=C1\C(=O)C(=O)N(C2CCCC2)C1c1ccc(F)cc1. The van der Waals surface area contributed by atoms with Crippen LogP contribution in [0, 0.1) is 5.82 Å². The lowest BCUT2D eigenvalue weighted by Gasteiger charge is -2.30. The standard InChI is InChI=1S/C23H20Cl2FNO4/c1-31-22-16(10-13(24)11-17(22)25)20(28)18-19(12-6-8-14(26)9-7-12)27(23(30)21(18)29)15-4-2-3-5-15/h6-11,15,19,28H,2-5H2,1H3/b20-18+. The third-order valence-electron chi connectivity index (χ3n) is 5.85. The van der Waals surface area contributed by atoms with Crippen LogP contribution in [0.2, 0.25) is 10.0 Å². The van der Waals surface area contributed by atoms with E-state index in [0.717, 1.165) is 25.7 Å². The predicted octanol–water partition coefficient (Wildman–Crippen LogP) is 5.51. The molecule has 0 bridgehead atoms. The molecule has 1 aliphatic carbocycles. The van der Waals surface area contributed by atoms with E-state index < -0.39 is 29.3 Å². The van der Waals surface area contributed by atoms with Crippen LogP contribution in [0.3, 0.4) is 0 Å². The van der Waals surface area contributed by atoms with Gasteiger partial charge in [0.1, 0.15) is 17.3 Å². The van der Waals surface area contributed by atoms with Gasteiger partial charge in [0, 0.05) is 11.1 Å². The van der Waals surface area contributed by atoms with E-state index in [1.54, 1.807) is 0 Å². The molecule has 5 nitrogen and oxygen atoms in total. The third-order valence-corrected chi connectivity index (χ3v) is 6.35. The van der Waals surface area contributed by atoms with Crippen LogP contribution in [-0.2, 0) is 9.59 Å². The zero-order valence-electron chi connectivity index (χ0n) is 16.7. The monoisotopic (exact) mass is 463 g/mol. The fourth-order valence-corrected chi connectivity index (χ4v) is 5.04. The predicted molar refractivity (Wildman–Crippen MR) is 116 cm³/mol. The average molecular weight is 464 g/mol. The average Bonchev–Trinajstić information content (AvgIpc) is 3.35. The molecule has 31 heavy (non-hydrogen) atoms. The number of carbonyl (C=O) groups is 2. The van der Waals surface area contributed by atoms with Crippen LogP contribution in [0.15, 0.2) is 42.0 Å². The summed E-state index contributed by atoms with van der Waals surface area (Å²) >= 11 is 12.3. The van der Waals surface area contributed by atoms with Crippen LogP contribution in [0.5, 0.6) is 5.75 Å². The second-order valence-electron chi connectivity index (χ2n) is 7.66. The molecule has 4 rings (SSSR count). The molecule has 2 aromatic carbocycles. The molecule has 1 heterocycles. The molecule has 1 saturated carbocycles. The van der Waals surface area contributed by atoms with Gasteiger partial charge in [-0.2, -0.15) is 0 Å². The minimum atomic E-state index is -0.855. The summed E-state index contributed by atoms with van der Waals surface area (Å²) in [5.74, 6) is -2.24.